The van der Waals surface area contributed by atoms with Crippen LogP contribution in [0.15, 0.2) is 0 Å². The molecule has 1 saturated carbocycles. The standard InChI is InChI=1S/C12H21NO4/c1-12(2,11(15)16)13(3)10(14)8-17-9-6-4-5-7-9/h9H,4-8H2,1-3H3,(H,15,16). The van der Waals surface area contributed by atoms with Gasteiger partial charge < -0.3 is 14.7 Å². The lowest BCUT2D eigenvalue weighted by Gasteiger charge is -2.31. The summed E-state index contributed by atoms with van der Waals surface area (Å²) >= 11 is 0. The van der Waals surface area contributed by atoms with Gasteiger partial charge in [-0.05, 0) is 26.7 Å². The second-order valence-electron chi connectivity index (χ2n) is 5.03. The molecule has 0 atom stereocenters. The highest BCUT2D eigenvalue weighted by atomic mass is 16.5. The Morgan fingerprint density at radius 3 is 2.35 bits per heavy atom. The molecule has 98 valence electrons. The normalized spacial score (nSPS) is 17.1. The molecule has 0 aliphatic heterocycles. The van der Waals surface area contributed by atoms with E-state index in [9.17, 15) is 9.59 Å². The van der Waals surface area contributed by atoms with Gasteiger partial charge in [-0.2, -0.15) is 0 Å². The molecule has 5 nitrogen and oxygen atoms in total. The van der Waals surface area contributed by atoms with Gasteiger partial charge in [0.1, 0.15) is 12.1 Å². The van der Waals surface area contributed by atoms with Crippen LogP contribution >= 0.6 is 0 Å². The summed E-state index contributed by atoms with van der Waals surface area (Å²) in [6.45, 7) is 2.98. The van der Waals surface area contributed by atoms with Gasteiger partial charge in [-0.25, -0.2) is 4.79 Å². The van der Waals surface area contributed by atoms with Crippen molar-refractivity contribution in [2.75, 3.05) is 13.7 Å². The van der Waals surface area contributed by atoms with Gasteiger partial charge in [0.05, 0.1) is 6.10 Å². The maximum Gasteiger partial charge on any atom is 0.329 e. The molecule has 0 unspecified atom stereocenters. The number of nitrogens with zero attached hydrogens (tertiary/aromatic N) is 1. The Balaban J connectivity index is 2.43. The zero-order valence-corrected chi connectivity index (χ0v) is 10.7. The highest BCUT2D eigenvalue weighted by Gasteiger charge is 2.35. The number of ether oxygens (including phenoxy) is 1. The fourth-order valence-corrected chi connectivity index (χ4v) is 1.80. The zero-order valence-electron chi connectivity index (χ0n) is 10.7. The van der Waals surface area contributed by atoms with E-state index >= 15 is 0 Å². The summed E-state index contributed by atoms with van der Waals surface area (Å²) in [6.07, 6.45) is 4.46. The number of hydrogen-bond donors (Lipinski definition) is 1. The molecule has 1 rings (SSSR count). The second-order valence-corrected chi connectivity index (χ2v) is 5.03. The molecular formula is C12H21NO4. The number of carboxylic acids is 1. The minimum atomic E-state index is -1.20. The van der Waals surface area contributed by atoms with Gasteiger partial charge in [0.2, 0.25) is 5.91 Å². The number of carboxylic acid groups (broad SMARTS) is 1. The van der Waals surface area contributed by atoms with Crippen molar-refractivity contribution in [3.05, 3.63) is 0 Å². The number of hydrogen-bond acceptors (Lipinski definition) is 3. The number of carbonyl (C=O) groups is 2. The summed E-state index contributed by atoms with van der Waals surface area (Å²) in [6, 6.07) is 0. The molecule has 1 aliphatic carbocycles. The predicted molar refractivity (Wildman–Crippen MR) is 62.7 cm³/mol. The third-order valence-electron chi connectivity index (χ3n) is 3.48. The molecule has 0 aromatic carbocycles. The van der Waals surface area contributed by atoms with Crippen molar-refractivity contribution in [2.24, 2.45) is 0 Å². The molecule has 17 heavy (non-hydrogen) atoms. The van der Waals surface area contributed by atoms with Crippen molar-refractivity contribution < 1.29 is 19.4 Å². The Morgan fingerprint density at radius 2 is 1.88 bits per heavy atom. The van der Waals surface area contributed by atoms with Crippen LogP contribution in [0.1, 0.15) is 39.5 Å². The topological polar surface area (TPSA) is 66.8 Å². The highest BCUT2D eigenvalue weighted by molar-refractivity contribution is 5.86. The Labute approximate surface area is 102 Å². The largest absolute Gasteiger partial charge is 0.480 e. The summed E-state index contributed by atoms with van der Waals surface area (Å²) in [5.41, 5.74) is -1.20. The van der Waals surface area contributed by atoms with E-state index in [1.54, 1.807) is 0 Å². The fraction of sp³-hybridized carbons (Fsp3) is 0.833. The zero-order chi connectivity index (χ0) is 13.1. The van der Waals surface area contributed by atoms with E-state index in [1.165, 1.54) is 25.8 Å². The molecule has 0 saturated heterocycles. The molecule has 0 spiro atoms. The van der Waals surface area contributed by atoms with Gasteiger partial charge >= 0.3 is 5.97 Å². The van der Waals surface area contributed by atoms with Crippen molar-refractivity contribution in [3.63, 3.8) is 0 Å². The first-order valence-electron chi connectivity index (χ1n) is 5.97. The number of rotatable bonds is 5. The van der Waals surface area contributed by atoms with E-state index < -0.39 is 11.5 Å². The molecule has 0 heterocycles. The van der Waals surface area contributed by atoms with Crippen LogP contribution in [0.3, 0.4) is 0 Å². The van der Waals surface area contributed by atoms with E-state index in [2.05, 4.69) is 0 Å². The lowest BCUT2D eigenvalue weighted by atomic mass is 10.0. The summed E-state index contributed by atoms with van der Waals surface area (Å²) in [5, 5.41) is 9.01. The summed E-state index contributed by atoms with van der Waals surface area (Å²) in [7, 11) is 1.49. The van der Waals surface area contributed by atoms with Gasteiger partial charge in [0.25, 0.3) is 0 Å². The minimum Gasteiger partial charge on any atom is -0.480 e. The second kappa shape index (κ2) is 5.49. The van der Waals surface area contributed by atoms with Crippen molar-refractivity contribution >= 4 is 11.9 Å². The fourth-order valence-electron chi connectivity index (χ4n) is 1.80. The van der Waals surface area contributed by atoms with Crippen LogP contribution in [-0.2, 0) is 14.3 Å². The van der Waals surface area contributed by atoms with Gasteiger partial charge in [0.15, 0.2) is 0 Å². The van der Waals surface area contributed by atoms with E-state index in [4.69, 9.17) is 9.84 Å². The molecule has 0 radical (unpaired) electrons. The van der Waals surface area contributed by atoms with Crippen LogP contribution in [0.4, 0.5) is 0 Å². The Morgan fingerprint density at radius 1 is 1.35 bits per heavy atom. The monoisotopic (exact) mass is 243 g/mol. The molecule has 0 bridgehead atoms. The third-order valence-corrected chi connectivity index (χ3v) is 3.48. The lowest BCUT2D eigenvalue weighted by Crippen LogP contribution is -2.52. The van der Waals surface area contributed by atoms with E-state index in [0.717, 1.165) is 25.7 Å². The quantitative estimate of drug-likeness (QED) is 0.789. The van der Waals surface area contributed by atoms with Crippen LogP contribution in [0, 0.1) is 0 Å². The molecule has 0 aromatic heterocycles. The Hall–Kier alpha value is -1.10. The summed E-state index contributed by atoms with van der Waals surface area (Å²) < 4.78 is 5.48. The van der Waals surface area contributed by atoms with E-state index in [0.29, 0.717) is 0 Å². The highest BCUT2D eigenvalue weighted by Crippen LogP contribution is 2.21. The third kappa shape index (κ3) is 3.43. The van der Waals surface area contributed by atoms with Gasteiger partial charge in [-0.1, -0.05) is 12.8 Å². The first kappa shape index (κ1) is 14.0. The van der Waals surface area contributed by atoms with Crippen molar-refractivity contribution in [1.29, 1.82) is 0 Å². The number of likely N-dealkylation sites (N-methyl/N-ethyl adjacent to an activating group) is 1. The van der Waals surface area contributed by atoms with Crippen LogP contribution in [0.5, 0.6) is 0 Å². The molecule has 1 amide bonds. The summed E-state index contributed by atoms with van der Waals surface area (Å²) in [4.78, 5) is 24.0. The van der Waals surface area contributed by atoms with E-state index in [1.807, 2.05) is 0 Å². The van der Waals surface area contributed by atoms with Gasteiger partial charge in [-0.15, -0.1) is 0 Å². The number of aliphatic carboxylic acids is 1. The Kier molecular flexibility index (Phi) is 4.51. The first-order chi connectivity index (χ1) is 7.85. The van der Waals surface area contributed by atoms with Crippen LogP contribution in [0.2, 0.25) is 0 Å². The smallest absolute Gasteiger partial charge is 0.329 e. The average molecular weight is 243 g/mol. The molecule has 1 N–H and O–H groups in total. The van der Waals surface area contributed by atoms with Crippen LogP contribution < -0.4 is 0 Å². The molecule has 5 heteroatoms. The number of amides is 1. The molecule has 1 aliphatic rings. The average Bonchev–Trinajstić information content (AvgIpc) is 2.77. The Bertz CT molecular complexity index is 295. The lowest BCUT2D eigenvalue weighted by molar-refractivity contribution is -0.157. The maximum absolute atomic E-state index is 11.8. The van der Waals surface area contributed by atoms with Crippen LogP contribution in [-0.4, -0.2) is 47.2 Å². The molecular weight excluding hydrogens is 222 g/mol. The van der Waals surface area contributed by atoms with E-state index in [-0.39, 0.29) is 18.6 Å². The van der Waals surface area contributed by atoms with Crippen molar-refractivity contribution in [2.45, 2.75) is 51.2 Å². The molecule has 1 fully saturated rings. The number of carbonyl (C=O) groups excluding carboxylic acids is 1. The van der Waals surface area contributed by atoms with Crippen LogP contribution in [0.25, 0.3) is 0 Å². The first-order valence-corrected chi connectivity index (χ1v) is 5.97. The van der Waals surface area contributed by atoms with Crippen molar-refractivity contribution in [3.8, 4) is 0 Å². The van der Waals surface area contributed by atoms with Gasteiger partial charge in [-0.3, -0.25) is 4.79 Å². The summed E-state index contributed by atoms with van der Waals surface area (Å²) in [5.74, 6) is -1.31. The molecule has 0 aromatic rings. The SMILES string of the molecule is CN(C(=O)COC1CCCC1)C(C)(C)C(=O)O. The van der Waals surface area contributed by atoms with Crippen molar-refractivity contribution in [1.82, 2.24) is 4.90 Å². The predicted octanol–water partition coefficient (Wildman–Crippen LogP) is 1.27. The maximum atomic E-state index is 11.8. The van der Waals surface area contributed by atoms with Gasteiger partial charge in [0, 0.05) is 7.05 Å². The minimum absolute atomic E-state index is 0.0299.